The van der Waals surface area contributed by atoms with Crippen LogP contribution in [0.15, 0.2) is 35.7 Å². The van der Waals surface area contributed by atoms with Gasteiger partial charge in [-0.25, -0.2) is 4.39 Å². The van der Waals surface area contributed by atoms with Crippen LogP contribution in [0.5, 0.6) is 0 Å². The lowest BCUT2D eigenvalue weighted by Crippen LogP contribution is -2.37. The highest BCUT2D eigenvalue weighted by Gasteiger charge is 2.19. The summed E-state index contributed by atoms with van der Waals surface area (Å²) < 4.78 is 13.6. The fraction of sp³-hybridized carbons (Fsp3) is 0.421. The van der Waals surface area contributed by atoms with Gasteiger partial charge in [-0.15, -0.1) is 11.3 Å². The third-order valence-electron chi connectivity index (χ3n) is 4.24. The topological polar surface area (TPSA) is 32.3 Å². The van der Waals surface area contributed by atoms with Crippen LogP contribution in [0, 0.1) is 12.7 Å². The number of aryl methyl sites for hydroxylation is 1. The maximum absolute atomic E-state index is 13.6. The molecule has 1 aromatic heterocycles. The molecule has 0 aliphatic heterocycles. The molecule has 0 aliphatic rings. The van der Waals surface area contributed by atoms with Crippen molar-refractivity contribution in [3.05, 3.63) is 57.5 Å². The molecule has 1 heterocycles. The smallest absolute Gasteiger partial charge is 0.176 e. The number of benzene rings is 1. The first-order chi connectivity index (χ1) is 11.6. The molecule has 0 aliphatic carbocycles. The van der Waals surface area contributed by atoms with Gasteiger partial charge in [0.15, 0.2) is 5.78 Å². The summed E-state index contributed by atoms with van der Waals surface area (Å²) in [6.45, 7) is 8.80. The summed E-state index contributed by atoms with van der Waals surface area (Å²) in [6.07, 6.45) is 0. The van der Waals surface area contributed by atoms with E-state index in [4.69, 9.17) is 0 Å². The molecular formula is C19H25FN2OS. The molecule has 130 valence electrons. The lowest BCUT2D eigenvalue weighted by atomic mass is 10.1. The van der Waals surface area contributed by atoms with Gasteiger partial charge in [0.05, 0.1) is 12.6 Å². The molecule has 0 bridgehead atoms. The number of halogens is 1. The third kappa shape index (κ3) is 4.72. The van der Waals surface area contributed by atoms with Crippen LogP contribution < -0.4 is 5.32 Å². The monoisotopic (exact) mass is 348 g/mol. The summed E-state index contributed by atoms with van der Waals surface area (Å²) >= 11 is 1.73. The molecule has 0 saturated heterocycles. The van der Waals surface area contributed by atoms with E-state index in [1.807, 2.05) is 0 Å². The second kappa shape index (κ2) is 9.06. The number of nitrogens with one attached hydrogen (secondary N) is 1. The molecular weight excluding hydrogens is 323 g/mol. The average molecular weight is 348 g/mol. The molecule has 2 aromatic rings. The first-order valence-electron chi connectivity index (χ1n) is 8.34. The quantitative estimate of drug-likeness (QED) is 0.694. The van der Waals surface area contributed by atoms with Gasteiger partial charge in [0, 0.05) is 17.0 Å². The lowest BCUT2D eigenvalue weighted by Gasteiger charge is -2.29. The fourth-order valence-electron chi connectivity index (χ4n) is 2.75. The summed E-state index contributed by atoms with van der Waals surface area (Å²) in [5.74, 6) is -0.418. The third-order valence-corrected chi connectivity index (χ3v) is 5.22. The fourth-order valence-corrected chi connectivity index (χ4v) is 3.61. The van der Waals surface area contributed by atoms with Gasteiger partial charge in [-0.3, -0.25) is 9.69 Å². The van der Waals surface area contributed by atoms with Gasteiger partial charge in [-0.1, -0.05) is 32.0 Å². The van der Waals surface area contributed by atoms with Gasteiger partial charge < -0.3 is 5.32 Å². The number of ketones is 1. The largest absolute Gasteiger partial charge is 0.308 e. The van der Waals surface area contributed by atoms with Crippen LogP contribution >= 0.6 is 11.3 Å². The Hall–Kier alpha value is -1.56. The molecule has 0 saturated carbocycles. The van der Waals surface area contributed by atoms with Gasteiger partial charge in [0.2, 0.25) is 0 Å². The Bertz CT molecular complexity index is 653. The van der Waals surface area contributed by atoms with Crippen molar-refractivity contribution < 1.29 is 9.18 Å². The van der Waals surface area contributed by atoms with Crippen LogP contribution in [0.2, 0.25) is 0 Å². The van der Waals surface area contributed by atoms with Crippen molar-refractivity contribution in [1.29, 1.82) is 0 Å². The van der Waals surface area contributed by atoms with Crippen LogP contribution in [0.3, 0.4) is 0 Å². The lowest BCUT2D eigenvalue weighted by molar-refractivity contribution is 0.0986. The van der Waals surface area contributed by atoms with E-state index in [2.05, 4.69) is 41.6 Å². The average Bonchev–Trinajstić information content (AvgIpc) is 3.11. The molecule has 1 N–H and O–H groups in total. The normalized spacial score (nSPS) is 12.5. The molecule has 0 fully saturated rings. The highest BCUT2D eigenvalue weighted by Crippen LogP contribution is 2.24. The Kier molecular flexibility index (Phi) is 7.09. The van der Waals surface area contributed by atoms with Gasteiger partial charge in [0.1, 0.15) is 5.82 Å². The first kappa shape index (κ1) is 18.8. The second-order valence-electron chi connectivity index (χ2n) is 5.77. The summed E-state index contributed by atoms with van der Waals surface area (Å²) in [5, 5.41) is 5.32. The summed E-state index contributed by atoms with van der Waals surface area (Å²) in [5.41, 5.74) is 0.972. The zero-order chi connectivity index (χ0) is 17.5. The molecule has 3 nitrogen and oxygen atoms in total. The summed E-state index contributed by atoms with van der Waals surface area (Å²) in [7, 11) is 0. The van der Waals surface area contributed by atoms with Gasteiger partial charge in [-0.2, -0.15) is 0 Å². The Balaban J connectivity index is 1.96. The van der Waals surface area contributed by atoms with Crippen molar-refractivity contribution in [2.45, 2.75) is 26.8 Å². The van der Waals surface area contributed by atoms with Crippen molar-refractivity contribution in [3.63, 3.8) is 0 Å². The van der Waals surface area contributed by atoms with E-state index in [1.54, 1.807) is 30.4 Å². The first-order valence-corrected chi connectivity index (χ1v) is 9.22. The SMILES string of the molecule is CCN(CC)C(CNCC(=O)c1ccc(C)c(F)c1)c1cccs1. The number of likely N-dealkylation sites (N-methyl/N-ethyl adjacent to an activating group) is 1. The molecule has 24 heavy (non-hydrogen) atoms. The molecule has 1 unspecified atom stereocenters. The van der Waals surface area contributed by atoms with Crippen molar-refractivity contribution in [2.24, 2.45) is 0 Å². The van der Waals surface area contributed by atoms with Gasteiger partial charge in [-0.05, 0) is 43.1 Å². The van der Waals surface area contributed by atoms with E-state index in [-0.39, 0.29) is 24.2 Å². The number of Topliss-reactive ketones (excluding diaryl/α,β-unsaturated/α-hetero) is 1. The van der Waals surface area contributed by atoms with E-state index < -0.39 is 0 Å². The molecule has 5 heteroatoms. The maximum Gasteiger partial charge on any atom is 0.176 e. The standard InChI is InChI=1S/C19H25FN2OS/c1-4-22(5-2)17(19-7-6-10-24-19)12-21-13-18(23)15-9-8-14(3)16(20)11-15/h6-11,17,21H,4-5,12-13H2,1-3H3. The highest BCUT2D eigenvalue weighted by atomic mass is 32.1. The van der Waals surface area contributed by atoms with E-state index in [0.29, 0.717) is 17.7 Å². The molecule has 0 spiro atoms. The Morgan fingerprint density at radius 3 is 2.62 bits per heavy atom. The second-order valence-corrected chi connectivity index (χ2v) is 6.75. The van der Waals surface area contributed by atoms with Crippen LogP contribution in [0.1, 0.15) is 40.7 Å². The van der Waals surface area contributed by atoms with Gasteiger partial charge >= 0.3 is 0 Å². The van der Waals surface area contributed by atoms with E-state index >= 15 is 0 Å². The number of carbonyl (C=O) groups excluding carboxylic acids is 1. The summed E-state index contributed by atoms with van der Waals surface area (Å²) in [6, 6.07) is 9.09. The van der Waals surface area contributed by atoms with E-state index in [0.717, 1.165) is 13.1 Å². The van der Waals surface area contributed by atoms with Crippen LogP contribution in [-0.2, 0) is 0 Å². The summed E-state index contributed by atoms with van der Waals surface area (Å²) in [4.78, 5) is 15.9. The predicted octanol–water partition coefficient (Wildman–Crippen LogP) is 4.05. The van der Waals surface area contributed by atoms with E-state index in [9.17, 15) is 9.18 Å². The zero-order valence-corrected chi connectivity index (χ0v) is 15.3. The minimum absolute atomic E-state index is 0.0848. The number of carbonyl (C=O) groups is 1. The van der Waals surface area contributed by atoms with Crippen LogP contribution in [0.25, 0.3) is 0 Å². The molecule has 1 aromatic carbocycles. The van der Waals surface area contributed by atoms with Crippen LogP contribution in [-0.4, -0.2) is 36.9 Å². The Labute approximate surface area is 147 Å². The minimum Gasteiger partial charge on any atom is -0.308 e. The molecule has 2 rings (SSSR count). The number of hydrogen-bond acceptors (Lipinski definition) is 4. The number of hydrogen-bond donors (Lipinski definition) is 1. The van der Waals surface area contributed by atoms with Crippen molar-refractivity contribution >= 4 is 17.1 Å². The molecule has 0 amide bonds. The van der Waals surface area contributed by atoms with Crippen molar-refractivity contribution in [1.82, 2.24) is 10.2 Å². The minimum atomic E-state index is -0.333. The predicted molar refractivity (Wildman–Crippen MR) is 98.3 cm³/mol. The number of nitrogens with zero attached hydrogens (tertiary/aromatic N) is 1. The van der Waals surface area contributed by atoms with Gasteiger partial charge in [0.25, 0.3) is 0 Å². The Morgan fingerprint density at radius 1 is 1.29 bits per heavy atom. The number of thiophene rings is 1. The van der Waals surface area contributed by atoms with E-state index in [1.165, 1.54) is 10.9 Å². The maximum atomic E-state index is 13.6. The number of rotatable bonds is 9. The van der Waals surface area contributed by atoms with Crippen LogP contribution in [0.4, 0.5) is 4.39 Å². The Morgan fingerprint density at radius 2 is 2.04 bits per heavy atom. The molecule has 1 atom stereocenters. The van der Waals surface area contributed by atoms with Crippen molar-refractivity contribution in [3.8, 4) is 0 Å². The zero-order valence-electron chi connectivity index (χ0n) is 14.5. The van der Waals surface area contributed by atoms with Crippen molar-refractivity contribution in [2.75, 3.05) is 26.2 Å². The molecule has 0 radical (unpaired) electrons. The highest BCUT2D eigenvalue weighted by molar-refractivity contribution is 7.10.